The first-order valence-corrected chi connectivity index (χ1v) is 4.45. The van der Waals surface area contributed by atoms with Gasteiger partial charge < -0.3 is 21.1 Å². The summed E-state index contributed by atoms with van der Waals surface area (Å²) in [5.74, 6) is -2.49. The Labute approximate surface area is 90.9 Å². The second kappa shape index (κ2) is 4.63. The van der Waals surface area contributed by atoms with Crippen molar-refractivity contribution in [2.45, 2.75) is 12.5 Å². The van der Waals surface area contributed by atoms with Gasteiger partial charge >= 0.3 is 11.9 Å². The molecule has 0 amide bonds. The Morgan fingerprint density at radius 2 is 1.94 bits per heavy atom. The molecule has 86 valence electrons. The molecule has 1 aromatic carbocycles. The molecule has 1 unspecified atom stereocenters. The maximum absolute atomic E-state index is 10.7. The number of rotatable bonds is 4. The van der Waals surface area contributed by atoms with E-state index in [1.807, 2.05) is 0 Å². The van der Waals surface area contributed by atoms with Gasteiger partial charge in [0.05, 0.1) is 12.0 Å². The minimum atomic E-state index is -1.16. The zero-order chi connectivity index (χ0) is 12.3. The van der Waals surface area contributed by atoms with Crippen molar-refractivity contribution >= 4 is 11.9 Å². The van der Waals surface area contributed by atoms with Crippen LogP contribution < -0.4 is 5.73 Å². The highest BCUT2D eigenvalue weighted by molar-refractivity contribution is 5.88. The lowest BCUT2D eigenvalue weighted by Crippen LogP contribution is -2.15. The Kier molecular flexibility index (Phi) is 3.47. The summed E-state index contributed by atoms with van der Waals surface area (Å²) in [4.78, 5) is 21.1. The number of aliphatic carboxylic acids is 1. The van der Waals surface area contributed by atoms with E-state index >= 15 is 0 Å². The zero-order valence-electron chi connectivity index (χ0n) is 8.25. The quantitative estimate of drug-likeness (QED) is 0.594. The Morgan fingerprint density at radius 1 is 1.31 bits per heavy atom. The maximum Gasteiger partial charge on any atom is 0.335 e. The molecule has 0 saturated heterocycles. The van der Waals surface area contributed by atoms with Crippen molar-refractivity contribution in [1.29, 1.82) is 0 Å². The van der Waals surface area contributed by atoms with E-state index in [1.54, 1.807) is 0 Å². The topological polar surface area (TPSA) is 121 Å². The molecule has 0 fully saturated rings. The summed E-state index contributed by atoms with van der Waals surface area (Å²) >= 11 is 0. The van der Waals surface area contributed by atoms with Crippen LogP contribution in [0.15, 0.2) is 18.2 Å². The van der Waals surface area contributed by atoms with E-state index in [1.165, 1.54) is 18.2 Å². The second-order valence-corrected chi connectivity index (χ2v) is 3.28. The molecular weight excluding hydrogens is 214 g/mol. The lowest BCUT2D eigenvalue weighted by atomic mass is 10.0. The average Bonchev–Trinajstić information content (AvgIpc) is 2.16. The van der Waals surface area contributed by atoms with Gasteiger partial charge in [-0.1, -0.05) is 0 Å². The molecule has 0 radical (unpaired) electrons. The van der Waals surface area contributed by atoms with Crippen molar-refractivity contribution in [3.8, 4) is 5.75 Å². The molecule has 1 aromatic rings. The van der Waals surface area contributed by atoms with Gasteiger partial charge in [-0.25, -0.2) is 4.79 Å². The number of carboxylic acid groups (broad SMARTS) is 2. The molecule has 0 aliphatic carbocycles. The molecule has 5 N–H and O–H groups in total. The fraction of sp³-hybridized carbons (Fsp3) is 0.200. The SMILES string of the molecule is NC(CC(=O)O)c1cc(C(=O)O)ccc1O. The van der Waals surface area contributed by atoms with Crippen molar-refractivity contribution < 1.29 is 24.9 Å². The van der Waals surface area contributed by atoms with Gasteiger partial charge in [-0.05, 0) is 18.2 Å². The predicted molar refractivity (Wildman–Crippen MR) is 54.2 cm³/mol. The fourth-order valence-electron chi connectivity index (χ4n) is 1.28. The molecule has 6 heteroatoms. The molecular formula is C10H11NO5. The molecule has 0 aromatic heterocycles. The van der Waals surface area contributed by atoms with Gasteiger partial charge in [-0.2, -0.15) is 0 Å². The van der Waals surface area contributed by atoms with Gasteiger partial charge in [0.1, 0.15) is 5.75 Å². The van der Waals surface area contributed by atoms with E-state index < -0.39 is 18.0 Å². The standard InChI is InChI=1S/C10H11NO5/c11-7(4-9(13)14)6-3-5(10(15)16)1-2-8(6)12/h1-3,7,12H,4,11H2,(H,13,14)(H,15,16). The van der Waals surface area contributed by atoms with Gasteiger partial charge in [0.25, 0.3) is 0 Å². The first kappa shape index (κ1) is 12.0. The fourth-order valence-corrected chi connectivity index (χ4v) is 1.28. The van der Waals surface area contributed by atoms with E-state index in [2.05, 4.69) is 0 Å². The number of carboxylic acids is 2. The lowest BCUT2D eigenvalue weighted by Gasteiger charge is -2.11. The summed E-state index contributed by atoms with van der Waals surface area (Å²) in [7, 11) is 0. The highest BCUT2D eigenvalue weighted by Gasteiger charge is 2.16. The summed E-state index contributed by atoms with van der Waals surface area (Å²) in [5, 5.41) is 26.7. The highest BCUT2D eigenvalue weighted by atomic mass is 16.4. The average molecular weight is 225 g/mol. The monoisotopic (exact) mass is 225 g/mol. The smallest absolute Gasteiger partial charge is 0.335 e. The maximum atomic E-state index is 10.7. The molecule has 0 saturated carbocycles. The van der Waals surface area contributed by atoms with E-state index in [0.29, 0.717) is 0 Å². The minimum absolute atomic E-state index is 0.0476. The van der Waals surface area contributed by atoms with Crippen LogP contribution in [-0.2, 0) is 4.79 Å². The van der Waals surface area contributed by atoms with E-state index in [9.17, 15) is 14.7 Å². The molecule has 16 heavy (non-hydrogen) atoms. The third-order valence-electron chi connectivity index (χ3n) is 2.07. The number of aromatic hydroxyl groups is 1. The van der Waals surface area contributed by atoms with Crippen LogP contribution in [0.1, 0.15) is 28.4 Å². The molecule has 0 bridgehead atoms. The van der Waals surface area contributed by atoms with E-state index in [0.717, 1.165) is 0 Å². The van der Waals surface area contributed by atoms with Crippen molar-refractivity contribution in [2.75, 3.05) is 0 Å². The number of aromatic carboxylic acids is 1. The number of nitrogens with two attached hydrogens (primary N) is 1. The van der Waals surface area contributed by atoms with Crippen molar-refractivity contribution in [2.24, 2.45) is 5.73 Å². The van der Waals surface area contributed by atoms with Gasteiger partial charge in [0.15, 0.2) is 0 Å². The van der Waals surface area contributed by atoms with Crippen LogP contribution >= 0.6 is 0 Å². The summed E-state index contributed by atoms with van der Waals surface area (Å²) in [6.07, 6.45) is -0.378. The van der Waals surface area contributed by atoms with Crippen molar-refractivity contribution in [3.63, 3.8) is 0 Å². The first-order valence-electron chi connectivity index (χ1n) is 4.45. The van der Waals surface area contributed by atoms with Crippen molar-refractivity contribution in [3.05, 3.63) is 29.3 Å². The van der Waals surface area contributed by atoms with Gasteiger partial charge in [0, 0.05) is 11.6 Å². The minimum Gasteiger partial charge on any atom is -0.508 e. The Bertz CT molecular complexity index is 429. The van der Waals surface area contributed by atoms with Gasteiger partial charge in [0.2, 0.25) is 0 Å². The third-order valence-corrected chi connectivity index (χ3v) is 2.07. The molecule has 6 nitrogen and oxygen atoms in total. The number of phenolic OH excluding ortho intramolecular Hbond substituents is 1. The van der Waals surface area contributed by atoms with Crippen molar-refractivity contribution in [1.82, 2.24) is 0 Å². The third kappa shape index (κ3) is 2.71. The van der Waals surface area contributed by atoms with Crippen LogP contribution in [0.5, 0.6) is 5.75 Å². The Balaban J connectivity index is 3.06. The molecule has 0 aliphatic rings. The van der Waals surface area contributed by atoms with Crippen LogP contribution in [0.3, 0.4) is 0 Å². The summed E-state index contributed by atoms with van der Waals surface area (Å²) < 4.78 is 0. The predicted octanol–water partition coefficient (Wildman–Crippen LogP) is 0.565. The molecule has 0 aliphatic heterocycles. The molecule has 0 heterocycles. The Morgan fingerprint density at radius 3 is 2.44 bits per heavy atom. The van der Waals surface area contributed by atoms with Crippen LogP contribution in [0.25, 0.3) is 0 Å². The van der Waals surface area contributed by atoms with Crippen LogP contribution in [0, 0.1) is 0 Å². The van der Waals surface area contributed by atoms with Crippen LogP contribution in [0.2, 0.25) is 0 Å². The molecule has 0 spiro atoms. The summed E-state index contributed by atoms with van der Waals surface area (Å²) in [5.41, 5.74) is 5.60. The zero-order valence-corrected chi connectivity index (χ0v) is 8.25. The normalized spacial score (nSPS) is 12.1. The number of carbonyl (C=O) groups is 2. The largest absolute Gasteiger partial charge is 0.508 e. The van der Waals surface area contributed by atoms with E-state index in [4.69, 9.17) is 15.9 Å². The first-order chi connectivity index (χ1) is 7.41. The summed E-state index contributed by atoms with van der Waals surface area (Å²) in [6.45, 7) is 0. The lowest BCUT2D eigenvalue weighted by molar-refractivity contribution is -0.137. The molecule has 1 rings (SSSR count). The number of benzene rings is 1. The van der Waals surface area contributed by atoms with Crippen LogP contribution in [0.4, 0.5) is 0 Å². The van der Waals surface area contributed by atoms with Crippen LogP contribution in [-0.4, -0.2) is 27.3 Å². The second-order valence-electron chi connectivity index (χ2n) is 3.28. The van der Waals surface area contributed by atoms with Gasteiger partial charge in [-0.15, -0.1) is 0 Å². The number of hydrogen-bond donors (Lipinski definition) is 4. The Hall–Kier alpha value is -2.08. The van der Waals surface area contributed by atoms with Gasteiger partial charge in [-0.3, -0.25) is 4.79 Å². The summed E-state index contributed by atoms with van der Waals surface area (Å²) in [6, 6.07) is 2.64. The van der Waals surface area contributed by atoms with E-state index in [-0.39, 0.29) is 23.3 Å². The number of phenols is 1. The molecule has 1 atom stereocenters. The highest BCUT2D eigenvalue weighted by Crippen LogP contribution is 2.25. The number of hydrogen-bond acceptors (Lipinski definition) is 4.